The minimum atomic E-state index is -0.367. The van der Waals surface area contributed by atoms with Crippen molar-refractivity contribution in [2.75, 3.05) is 32.8 Å². The molecule has 0 heterocycles. The van der Waals surface area contributed by atoms with Gasteiger partial charge in [0.05, 0.1) is 13.2 Å². The summed E-state index contributed by atoms with van der Waals surface area (Å²) in [7, 11) is 0. The molecule has 1 aromatic rings. The molecule has 4 nitrogen and oxygen atoms in total. The van der Waals surface area contributed by atoms with E-state index in [0.717, 1.165) is 12.5 Å². The largest absolute Gasteiger partial charge is 0.380 e. The van der Waals surface area contributed by atoms with Gasteiger partial charge in [0.25, 0.3) is 0 Å². The quantitative estimate of drug-likeness (QED) is 0.284. The first kappa shape index (κ1) is 22.1. The van der Waals surface area contributed by atoms with Crippen LogP contribution in [0.3, 0.4) is 0 Å². The molecule has 0 atom stereocenters. The van der Waals surface area contributed by atoms with Crippen LogP contribution in [0, 0.1) is 5.82 Å². The van der Waals surface area contributed by atoms with Gasteiger partial charge in [-0.25, -0.2) is 4.39 Å². The molecular formula is C17H29FIN3O. The number of hydrogen-bond donors (Lipinski definition) is 2. The highest BCUT2D eigenvalue weighted by atomic mass is 127. The predicted molar refractivity (Wildman–Crippen MR) is 105 cm³/mol. The van der Waals surface area contributed by atoms with Crippen molar-refractivity contribution >= 4 is 29.9 Å². The molecule has 0 fully saturated rings. The Morgan fingerprint density at radius 2 is 1.91 bits per heavy atom. The Bertz CT molecular complexity index is 481. The number of nitrogens with zero attached hydrogens (tertiary/aromatic N) is 1. The number of benzene rings is 1. The standard InChI is InChI=1S/C17H28FN3O.HI/c1-5-19-16(20-11-12-22-6-2)21-13-17(3,4)14-9-7-8-10-15(14)18;/h7-10H,5-6,11-13H2,1-4H3,(H2,19,20,21);1H. The minimum Gasteiger partial charge on any atom is -0.380 e. The molecule has 0 spiro atoms. The van der Waals surface area contributed by atoms with E-state index in [1.807, 2.05) is 39.8 Å². The number of hydrogen-bond acceptors (Lipinski definition) is 2. The lowest BCUT2D eigenvalue weighted by Crippen LogP contribution is -2.40. The van der Waals surface area contributed by atoms with Crippen LogP contribution in [0.15, 0.2) is 29.3 Å². The zero-order valence-corrected chi connectivity index (χ0v) is 16.8. The Kier molecular flexibility index (Phi) is 11.2. The molecule has 0 radical (unpaired) electrons. The lowest BCUT2D eigenvalue weighted by atomic mass is 9.84. The highest BCUT2D eigenvalue weighted by molar-refractivity contribution is 14.0. The van der Waals surface area contributed by atoms with E-state index in [2.05, 4.69) is 15.6 Å². The molecule has 0 aromatic heterocycles. The van der Waals surface area contributed by atoms with Crippen molar-refractivity contribution < 1.29 is 9.13 Å². The van der Waals surface area contributed by atoms with Gasteiger partial charge in [0.15, 0.2) is 5.96 Å². The van der Waals surface area contributed by atoms with E-state index in [1.165, 1.54) is 6.07 Å². The second-order valence-electron chi connectivity index (χ2n) is 5.68. The fourth-order valence-electron chi connectivity index (χ4n) is 2.10. The minimum absolute atomic E-state index is 0. The molecule has 0 aliphatic heterocycles. The van der Waals surface area contributed by atoms with E-state index in [9.17, 15) is 4.39 Å². The number of rotatable bonds is 8. The van der Waals surface area contributed by atoms with E-state index < -0.39 is 0 Å². The van der Waals surface area contributed by atoms with Crippen LogP contribution >= 0.6 is 24.0 Å². The molecule has 132 valence electrons. The monoisotopic (exact) mass is 437 g/mol. The maximum atomic E-state index is 13.9. The fourth-order valence-corrected chi connectivity index (χ4v) is 2.10. The van der Waals surface area contributed by atoms with Gasteiger partial charge < -0.3 is 15.4 Å². The van der Waals surface area contributed by atoms with Crippen molar-refractivity contribution in [2.45, 2.75) is 33.1 Å². The van der Waals surface area contributed by atoms with Crippen LogP contribution in [0.25, 0.3) is 0 Å². The number of ether oxygens (including phenoxy) is 1. The van der Waals surface area contributed by atoms with Crippen molar-refractivity contribution in [3.8, 4) is 0 Å². The lowest BCUT2D eigenvalue weighted by molar-refractivity contribution is 0.152. The van der Waals surface area contributed by atoms with Crippen LogP contribution in [-0.4, -0.2) is 38.8 Å². The van der Waals surface area contributed by atoms with Crippen molar-refractivity contribution in [1.82, 2.24) is 10.6 Å². The highest BCUT2D eigenvalue weighted by Gasteiger charge is 2.23. The third kappa shape index (κ3) is 7.97. The summed E-state index contributed by atoms with van der Waals surface area (Å²) >= 11 is 0. The van der Waals surface area contributed by atoms with E-state index in [0.29, 0.717) is 31.9 Å². The molecule has 6 heteroatoms. The van der Waals surface area contributed by atoms with Gasteiger partial charge in [-0.15, -0.1) is 24.0 Å². The summed E-state index contributed by atoms with van der Waals surface area (Å²) in [5.74, 6) is 0.545. The second-order valence-corrected chi connectivity index (χ2v) is 5.68. The second kappa shape index (κ2) is 11.6. The average molecular weight is 437 g/mol. The van der Waals surface area contributed by atoms with E-state index >= 15 is 0 Å². The normalized spacial score (nSPS) is 11.8. The van der Waals surface area contributed by atoms with Crippen molar-refractivity contribution in [1.29, 1.82) is 0 Å². The fraction of sp³-hybridized carbons (Fsp3) is 0.588. The van der Waals surface area contributed by atoms with Crippen molar-refractivity contribution in [2.24, 2.45) is 4.99 Å². The molecule has 0 amide bonds. The van der Waals surface area contributed by atoms with Crippen molar-refractivity contribution in [3.05, 3.63) is 35.6 Å². The van der Waals surface area contributed by atoms with E-state index in [4.69, 9.17) is 4.74 Å². The number of guanidine groups is 1. The number of nitrogens with one attached hydrogen (secondary N) is 2. The Labute approximate surface area is 156 Å². The molecule has 23 heavy (non-hydrogen) atoms. The Balaban J connectivity index is 0.00000484. The summed E-state index contributed by atoms with van der Waals surface area (Å²) < 4.78 is 19.2. The Morgan fingerprint density at radius 1 is 1.22 bits per heavy atom. The lowest BCUT2D eigenvalue weighted by Gasteiger charge is -2.24. The zero-order valence-electron chi connectivity index (χ0n) is 14.5. The molecule has 0 unspecified atom stereocenters. The molecule has 0 bridgehead atoms. The topological polar surface area (TPSA) is 45.7 Å². The summed E-state index contributed by atoms with van der Waals surface area (Å²) in [4.78, 5) is 4.57. The van der Waals surface area contributed by atoms with Gasteiger partial charge in [-0.05, 0) is 25.5 Å². The highest BCUT2D eigenvalue weighted by Crippen LogP contribution is 2.25. The van der Waals surface area contributed by atoms with E-state index in [-0.39, 0.29) is 35.2 Å². The summed E-state index contributed by atoms with van der Waals surface area (Å²) in [6, 6.07) is 6.87. The first-order chi connectivity index (χ1) is 10.5. The predicted octanol–water partition coefficient (Wildman–Crippen LogP) is 3.31. The molecule has 0 aliphatic rings. The maximum absolute atomic E-state index is 13.9. The first-order valence-electron chi connectivity index (χ1n) is 7.86. The molecule has 1 rings (SSSR count). The zero-order chi connectivity index (χ0) is 16.4. The SMILES string of the molecule is CCNC(=NCC(C)(C)c1ccccc1F)NCCOCC.I. The summed E-state index contributed by atoms with van der Waals surface area (Å²) in [5.41, 5.74) is 0.317. The van der Waals surface area contributed by atoms with Crippen LogP contribution < -0.4 is 10.6 Å². The molecule has 1 aromatic carbocycles. The number of aliphatic imine (C=N–C) groups is 1. The average Bonchev–Trinajstić information content (AvgIpc) is 2.49. The van der Waals surface area contributed by atoms with Gasteiger partial charge in [0.2, 0.25) is 0 Å². The van der Waals surface area contributed by atoms with Gasteiger partial charge in [-0.3, -0.25) is 4.99 Å². The third-order valence-corrected chi connectivity index (χ3v) is 3.32. The van der Waals surface area contributed by atoms with Gasteiger partial charge in [0.1, 0.15) is 5.82 Å². The number of halogens is 2. The Morgan fingerprint density at radius 3 is 2.52 bits per heavy atom. The van der Waals surface area contributed by atoms with Crippen LogP contribution in [0.2, 0.25) is 0 Å². The van der Waals surface area contributed by atoms with Gasteiger partial charge in [-0.2, -0.15) is 0 Å². The summed E-state index contributed by atoms with van der Waals surface area (Å²) in [5, 5.41) is 6.40. The first-order valence-corrected chi connectivity index (χ1v) is 7.86. The molecule has 0 saturated heterocycles. The summed E-state index contributed by atoms with van der Waals surface area (Å²) in [6.07, 6.45) is 0. The molecule has 0 saturated carbocycles. The van der Waals surface area contributed by atoms with Crippen LogP contribution in [0.1, 0.15) is 33.3 Å². The molecule has 0 aliphatic carbocycles. The van der Waals surface area contributed by atoms with Crippen molar-refractivity contribution in [3.63, 3.8) is 0 Å². The molecular weight excluding hydrogens is 408 g/mol. The van der Waals surface area contributed by atoms with Gasteiger partial charge >= 0.3 is 0 Å². The maximum Gasteiger partial charge on any atom is 0.191 e. The smallest absolute Gasteiger partial charge is 0.191 e. The van der Waals surface area contributed by atoms with E-state index in [1.54, 1.807) is 6.07 Å². The Hall–Kier alpha value is -0.890. The van der Waals surface area contributed by atoms with Crippen LogP contribution in [0.4, 0.5) is 4.39 Å². The third-order valence-electron chi connectivity index (χ3n) is 3.32. The van der Waals surface area contributed by atoms with Gasteiger partial charge in [0, 0.05) is 25.1 Å². The molecule has 2 N–H and O–H groups in total. The van der Waals surface area contributed by atoms with Gasteiger partial charge in [-0.1, -0.05) is 32.0 Å². The summed E-state index contributed by atoms with van der Waals surface area (Å²) in [6.45, 7) is 11.3. The van der Waals surface area contributed by atoms with Crippen LogP contribution in [0.5, 0.6) is 0 Å². The van der Waals surface area contributed by atoms with Crippen LogP contribution in [-0.2, 0) is 10.2 Å².